The van der Waals surface area contributed by atoms with Crippen molar-refractivity contribution in [3.8, 4) is 0 Å². The third kappa shape index (κ3) is 4.07. The molecule has 27 heavy (non-hydrogen) atoms. The number of piperidine rings is 1. The number of nitrogens with zero attached hydrogens (tertiary/aromatic N) is 3. The van der Waals surface area contributed by atoms with E-state index in [-0.39, 0.29) is 23.9 Å². The number of carbonyl (C=O) groups excluding carboxylic acids is 2. The Labute approximate surface area is 158 Å². The van der Waals surface area contributed by atoms with Crippen LogP contribution in [0.3, 0.4) is 0 Å². The van der Waals surface area contributed by atoms with Crippen LogP contribution in [0.5, 0.6) is 0 Å². The highest BCUT2D eigenvalue weighted by Gasteiger charge is 2.44. The molecule has 1 unspecified atom stereocenters. The predicted octanol–water partition coefficient (Wildman–Crippen LogP) is 2.40. The first-order chi connectivity index (χ1) is 12.9. The number of nitrogens with one attached hydrogen (secondary N) is 1. The molecule has 0 bridgehead atoms. The SMILES string of the molecule is CN(C)C(=O)C1(Nc2ccccc2)CCCN(C(=O)c2ccnc(F)c2)C1. The molecule has 2 aromatic rings. The molecule has 0 saturated carbocycles. The Morgan fingerprint density at radius 1 is 1.22 bits per heavy atom. The van der Waals surface area contributed by atoms with Crippen molar-refractivity contribution in [3.63, 3.8) is 0 Å². The zero-order valence-electron chi connectivity index (χ0n) is 15.5. The number of pyridine rings is 1. The van der Waals surface area contributed by atoms with Gasteiger partial charge in [-0.2, -0.15) is 4.39 Å². The summed E-state index contributed by atoms with van der Waals surface area (Å²) < 4.78 is 13.4. The maximum Gasteiger partial charge on any atom is 0.254 e. The Morgan fingerprint density at radius 3 is 2.63 bits per heavy atom. The van der Waals surface area contributed by atoms with Gasteiger partial charge in [-0.25, -0.2) is 4.98 Å². The Kier molecular flexibility index (Phi) is 5.39. The zero-order valence-corrected chi connectivity index (χ0v) is 15.5. The number of rotatable bonds is 4. The first-order valence-electron chi connectivity index (χ1n) is 8.87. The van der Waals surface area contributed by atoms with Gasteiger partial charge >= 0.3 is 0 Å². The van der Waals surface area contributed by atoms with Crippen LogP contribution in [0.15, 0.2) is 48.7 Å². The zero-order chi connectivity index (χ0) is 19.4. The summed E-state index contributed by atoms with van der Waals surface area (Å²) in [6, 6.07) is 12.1. The molecule has 1 saturated heterocycles. The molecule has 0 aliphatic carbocycles. The van der Waals surface area contributed by atoms with E-state index in [0.717, 1.165) is 11.8 Å². The summed E-state index contributed by atoms with van der Waals surface area (Å²) >= 11 is 0. The average Bonchev–Trinajstić information content (AvgIpc) is 2.67. The highest BCUT2D eigenvalue weighted by molar-refractivity contribution is 5.96. The number of hydrogen-bond donors (Lipinski definition) is 1. The van der Waals surface area contributed by atoms with Gasteiger partial charge in [0.15, 0.2) is 0 Å². The largest absolute Gasteiger partial charge is 0.370 e. The monoisotopic (exact) mass is 370 g/mol. The van der Waals surface area contributed by atoms with Crippen LogP contribution in [0.25, 0.3) is 0 Å². The van der Waals surface area contributed by atoms with Crippen LogP contribution in [0.1, 0.15) is 23.2 Å². The fourth-order valence-electron chi connectivity index (χ4n) is 3.50. The van der Waals surface area contributed by atoms with E-state index in [9.17, 15) is 14.0 Å². The summed E-state index contributed by atoms with van der Waals surface area (Å²) in [5.41, 5.74) is 0.122. The molecule has 6 nitrogen and oxygen atoms in total. The van der Waals surface area contributed by atoms with Crippen molar-refractivity contribution in [2.45, 2.75) is 18.4 Å². The summed E-state index contributed by atoms with van der Waals surface area (Å²) in [5, 5.41) is 3.35. The minimum atomic E-state index is -0.926. The van der Waals surface area contributed by atoms with Crippen molar-refractivity contribution in [2.24, 2.45) is 0 Å². The number of likely N-dealkylation sites (tertiary alicyclic amines) is 1. The van der Waals surface area contributed by atoms with Crippen molar-refractivity contribution in [3.05, 3.63) is 60.2 Å². The van der Waals surface area contributed by atoms with Crippen LogP contribution in [-0.4, -0.2) is 59.3 Å². The van der Waals surface area contributed by atoms with E-state index in [2.05, 4.69) is 10.3 Å². The van der Waals surface area contributed by atoms with Crippen molar-refractivity contribution < 1.29 is 14.0 Å². The van der Waals surface area contributed by atoms with E-state index in [4.69, 9.17) is 0 Å². The summed E-state index contributed by atoms with van der Waals surface area (Å²) in [7, 11) is 3.41. The van der Waals surface area contributed by atoms with E-state index >= 15 is 0 Å². The molecule has 7 heteroatoms. The van der Waals surface area contributed by atoms with Gasteiger partial charge in [0.05, 0.1) is 6.54 Å². The molecule has 1 N–H and O–H groups in total. The van der Waals surface area contributed by atoms with Crippen LogP contribution >= 0.6 is 0 Å². The molecule has 1 aliphatic rings. The molecule has 1 atom stereocenters. The Balaban J connectivity index is 1.89. The lowest BCUT2D eigenvalue weighted by Gasteiger charge is -2.43. The summed E-state index contributed by atoms with van der Waals surface area (Å²) in [6.45, 7) is 0.726. The van der Waals surface area contributed by atoms with E-state index < -0.39 is 11.5 Å². The number of halogens is 1. The first-order valence-corrected chi connectivity index (χ1v) is 8.87. The van der Waals surface area contributed by atoms with Gasteiger partial charge in [-0.05, 0) is 31.0 Å². The highest BCUT2D eigenvalue weighted by Crippen LogP contribution is 2.28. The molecular weight excluding hydrogens is 347 g/mol. The maximum atomic E-state index is 13.4. The van der Waals surface area contributed by atoms with Crippen LogP contribution in [0.2, 0.25) is 0 Å². The smallest absolute Gasteiger partial charge is 0.254 e. The molecule has 0 radical (unpaired) electrons. The van der Waals surface area contributed by atoms with Crippen LogP contribution < -0.4 is 5.32 Å². The molecule has 142 valence electrons. The lowest BCUT2D eigenvalue weighted by Crippen LogP contribution is -2.62. The van der Waals surface area contributed by atoms with Gasteiger partial charge in [0.1, 0.15) is 5.54 Å². The minimum Gasteiger partial charge on any atom is -0.370 e. The molecule has 0 spiro atoms. The lowest BCUT2D eigenvalue weighted by atomic mass is 9.86. The van der Waals surface area contributed by atoms with Gasteiger partial charge in [-0.3, -0.25) is 9.59 Å². The van der Waals surface area contributed by atoms with E-state index in [0.29, 0.717) is 19.4 Å². The lowest BCUT2D eigenvalue weighted by molar-refractivity contribution is -0.135. The molecule has 2 heterocycles. The minimum absolute atomic E-state index is 0.0928. The second-order valence-corrected chi connectivity index (χ2v) is 6.97. The number of likely N-dealkylation sites (N-methyl/N-ethyl adjacent to an activating group) is 1. The summed E-state index contributed by atoms with van der Waals surface area (Å²) in [6.07, 6.45) is 2.54. The van der Waals surface area contributed by atoms with Gasteiger partial charge in [0.25, 0.3) is 5.91 Å². The average molecular weight is 370 g/mol. The molecule has 1 fully saturated rings. The fraction of sp³-hybridized carbons (Fsp3) is 0.350. The van der Waals surface area contributed by atoms with Crippen LogP contribution in [0.4, 0.5) is 10.1 Å². The molecule has 1 aromatic heterocycles. The van der Waals surface area contributed by atoms with Crippen molar-refractivity contribution in [1.82, 2.24) is 14.8 Å². The van der Waals surface area contributed by atoms with Crippen LogP contribution in [0, 0.1) is 5.95 Å². The number of aromatic nitrogens is 1. The number of benzene rings is 1. The third-order valence-electron chi connectivity index (χ3n) is 4.73. The predicted molar refractivity (Wildman–Crippen MR) is 101 cm³/mol. The van der Waals surface area contributed by atoms with Gasteiger partial charge in [-0.1, -0.05) is 18.2 Å². The van der Waals surface area contributed by atoms with E-state index in [1.807, 2.05) is 30.3 Å². The molecule has 1 aromatic carbocycles. The van der Waals surface area contributed by atoms with Gasteiger partial charge in [0, 0.05) is 44.2 Å². The number of anilines is 1. The second kappa shape index (κ2) is 7.73. The fourth-order valence-corrected chi connectivity index (χ4v) is 3.50. The van der Waals surface area contributed by atoms with Gasteiger partial charge in [0.2, 0.25) is 11.9 Å². The number of carbonyl (C=O) groups is 2. The van der Waals surface area contributed by atoms with Crippen molar-refractivity contribution in [1.29, 1.82) is 0 Å². The van der Waals surface area contributed by atoms with E-state index in [1.165, 1.54) is 17.2 Å². The van der Waals surface area contributed by atoms with Crippen LogP contribution in [-0.2, 0) is 4.79 Å². The number of para-hydroxylation sites is 1. The Morgan fingerprint density at radius 2 is 1.96 bits per heavy atom. The molecule has 1 aliphatic heterocycles. The number of amides is 2. The first kappa shape index (κ1) is 18.8. The quantitative estimate of drug-likeness (QED) is 0.840. The third-order valence-corrected chi connectivity index (χ3v) is 4.73. The maximum absolute atomic E-state index is 13.4. The highest BCUT2D eigenvalue weighted by atomic mass is 19.1. The molecule has 2 amide bonds. The second-order valence-electron chi connectivity index (χ2n) is 6.97. The van der Waals surface area contributed by atoms with Crippen molar-refractivity contribution >= 4 is 17.5 Å². The van der Waals surface area contributed by atoms with Gasteiger partial charge in [-0.15, -0.1) is 0 Å². The topological polar surface area (TPSA) is 65.5 Å². The van der Waals surface area contributed by atoms with Gasteiger partial charge < -0.3 is 15.1 Å². The van der Waals surface area contributed by atoms with Crippen molar-refractivity contribution in [2.75, 3.05) is 32.5 Å². The Hall–Kier alpha value is -2.96. The van der Waals surface area contributed by atoms with E-state index in [1.54, 1.807) is 19.0 Å². The summed E-state index contributed by atoms with van der Waals surface area (Å²) in [4.78, 5) is 32.5. The summed E-state index contributed by atoms with van der Waals surface area (Å²) in [5.74, 6) is -1.09. The normalized spacial score (nSPS) is 19.4. The standard InChI is InChI=1S/C20H23FN4O2/c1-24(2)19(27)20(23-16-7-4-3-5-8-16)10-6-12-25(14-20)18(26)15-9-11-22-17(21)13-15/h3-5,7-9,11,13,23H,6,10,12,14H2,1-2H3. The molecule has 3 rings (SSSR count). The Bertz CT molecular complexity index is 828. The molecular formula is C20H23FN4O2. The number of hydrogen-bond acceptors (Lipinski definition) is 4.